The Kier molecular flexibility index (Phi) is 4.14. The maximum atomic E-state index is 12.0. The minimum absolute atomic E-state index is 0.00957. The number of hydrogen-bond acceptors (Lipinski definition) is 5. The van der Waals surface area contributed by atoms with Crippen molar-refractivity contribution in [3.05, 3.63) is 10.6 Å². The van der Waals surface area contributed by atoms with Gasteiger partial charge in [-0.1, -0.05) is 6.92 Å². The Morgan fingerprint density at radius 1 is 1.39 bits per heavy atom. The van der Waals surface area contributed by atoms with E-state index in [1.54, 1.807) is 19.0 Å². The number of fused-ring (bicyclic) bond motifs is 1. The van der Waals surface area contributed by atoms with Crippen LogP contribution in [-0.2, 0) is 14.4 Å². The molecule has 2 amide bonds. The van der Waals surface area contributed by atoms with Crippen molar-refractivity contribution < 1.29 is 19.5 Å². The van der Waals surface area contributed by atoms with Gasteiger partial charge in [-0.25, -0.2) is 4.79 Å². The number of nitrogens with zero attached hydrogens (tertiary/aromatic N) is 2. The van der Waals surface area contributed by atoms with E-state index >= 15 is 0 Å². The summed E-state index contributed by atoms with van der Waals surface area (Å²) in [4.78, 5) is 39.1. The molecule has 23 heavy (non-hydrogen) atoms. The molecule has 0 aliphatic carbocycles. The molecule has 8 heteroatoms. The fourth-order valence-corrected chi connectivity index (χ4v) is 4.98. The van der Waals surface area contributed by atoms with Gasteiger partial charge in [0.25, 0.3) is 0 Å². The van der Waals surface area contributed by atoms with Gasteiger partial charge in [0, 0.05) is 43.1 Å². The number of hydrogen-bond donors (Lipinski definition) is 2. The van der Waals surface area contributed by atoms with E-state index < -0.39 is 5.97 Å². The molecule has 2 N–H and O–H groups in total. The molecule has 3 aliphatic rings. The summed E-state index contributed by atoms with van der Waals surface area (Å²) in [7, 11) is 3.45. The van der Waals surface area contributed by atoms with Crippen molar-refractivity contribution >= 4 is 29.5 Å². The van der Waals surface area contributed by atoms with Crippen molar-refractivity contribution in [3.63, 3.8) is 0 Å². The number of carbonyl (C=O) groups is 3. The van der Waals surface area contributed by atoms with Gasteiger partial charge in [0.15, 0.2) is 0 Å². The van der Waals surface area contributed by atoms with E-state index in [2.05, 4.69) is 5.32 Å². The third-order valence-corrected chi connectivity index (χ3v) is 6.29. The van der Waals surface area contributed by atoms with E-state index in [0.29, 0.717) is 19.4 Å². The first-order valence-electron chi connectivity index (χ1n) is 7.72. The lowest BCUT2D eigenvalue weighted by molar-refractivity contribution is -0.148. The number of likely N-dealkylation sites (N-methyl/N-ethyl adjacent to an activating group) is 1. The Balaban J connectivity index is 1.74. The van der Waals surface area contributed by atoms with Crippen molar-refractivity contribution in [1.82, 2.24) is 15.1 Å². The molecular formula is C15H21N3O4S. The zero-order valence-electron chi connectivity index (χ0n) is 13.4. The lowest BCUT2D eigenvalue weighted by Gasteiger charge is -2.37. The van der Waals surface area contributed by atoms with Crippen LogP contribution < -0.4 is 5.32 Å². The highest BCUT2D eigenvalue weighted by molar-refractivity contribution is 8.03. The highest BCUT2D eigenvalue weighted by Gasteiger charge is 2.52. The predicted octanol–water partition coefficient (Wildman–Crippen LogP) is 0.0851. The molecular weight excluding hydrogens is 318 g/mol. The second kappa shape index (κ2) is 5.83. The highest BCUT2D eigenvalue weighted by Crippen LogP contribution is 2.48. The van der Waals surface area contributed by atoms with Gasteiger partial charge in [0.1, 0.15) is 5.70 Å². The molecule has 0 aromatic heterocycles. The molecule has 0 unspecified atom stereocenters. The molecule has 7 nitrogen and oxygen atoms in total. The number of carboxylic acid groups (broad SMARTS) is 1. The molecule has 0 aromatic rings. The number of thioether (sulfide) groups is 1. The van der Waals surface area contributed by atoms with Crippen molar-refractivity contribution in [2.75, 3.05) is 20.6 Å². The Hall–Kier alpha value is -1.54. The Morgan fingerprint density at radius 3 is 2.65 bits per heavy atom. The van der Waals surface area contributed by atoms with Gasteiger partial charge in [0.05, 0.1) is 12.1 Å². The number of carboxylic acids is 1. The standard InChI is InChI=1S/C15H21N3O4S/c1-7-10-5-11(19)18(10)12(15(21)22)13(7)23-8-4-9(16-6-8)14(20)17(2)3/h7-10,16H,4-6H2,1-3H3,(H,21,22)/t7-,8+,9+,10+/m1/s1. The number of aliphatic carboxylic acids is 1. The van der Waals surface area contributed by atoms with Gasteiger partial charge < -0.3 is 20.2 Å². The third kappa shape index (κ3) is 2.63. The van der Waals surface area contributed by atoms with Crippen LogP contribution in [0.15, 0.2) is 10.6 Å². The van der Waals surface area contributed by atoms with Gasteiger partial charge >= 0.3 is 5.97 Å². The first kappa shape index (κ1) is 16.3. The first-order chi connectivity index (χ1) is 10.8. The van der Waals surface area contributed by atoms with Crippen LogP contribution in [0.25, 0.3) is 0 Å². The molecule has 0 radical (unpaired) electrons. The van der Waals surface area contributed by atoms with E-state index in [1.165, 1.54) is 16.7 Å². The number of amides is 2. The van der Waals surface area contributed by atoms with E-state index in [4.69, 9.17) is 0 Å². The van der Waals surface area contributed by atoms with Gasteiger partial charge in [-0.05, 0) is 6.42 Å². The number of rotatable bonds is 4. The predicted molar refractivity (Wildman–Crippen MR) is 85.6 cm³/mol. The van der Waals surface area contributed by atoms with Crippen LogP contribution in [-0.4, -0.2) is 70.7 Å². The summed E-state index contributed by atoms with van der Waals surface area (Å²) >= 11 is 1.51. The Bertz CT molecular complexity index is 604. The summed E-state index contributed by atoms with van der Waals surface area (Å²) in [6.45, 7) is 2.64. The SMILES string of the molecule is C[C@H]1C(S[C@@H]2CN[C@H](C(=O)N(C)C)C2)=C(C(=O)O)N2C(=O)C[C@@H]12. The van der Waals surface area contributed by atoms with Crippen LogP contribution >= 0.6 is 11.8 Å². The average Bonchev–Trinajstić information content (AvgIpc) is 3.02. The number of nitrogens with one attached hydrogen (secondary N) is 1. The van der Waals surface area contributed by atoms with Crippen LogP contribution in [0.3, 0.4) is 0 Å². The van der Waals surface area contributed by atoms with Crippen molar-refractivity contribution in [3.8, 4) is 0 Å². The quantitative estimate of drug-likeness (QED) is 0.706. The van der Waals surface area contributed by atoms with Gasteiger partial charge in [-0.2, -0.15) is 0 Å². The van der Waals surface area contributed by atoms with Crippen molar-refractivity contribution in [1.29, 1.82) is 0 Å². The third-order valence-electron chi connectivity index (χ3n) is 4.77. The summed E-state index contributed by atoms with van der Waals surface area (Å²) in [6.07, 6.45) is 1.09. The summed E-state index contributed by atoms with van der Waals surface area (Å²) in [5.41, 5.74) is 0.145. The average molecular weight is 339 g/mol. The fourth-order valence-electron chi connectivity index (χ4n) is 3.49. The molecule has 2 fully saturated rings. The molecule has 0 spiro atoms. The van der Waals surface area contributed by atoms with E-state index in [0.717, 1.165) is 4.91 Å². The second-order valence-corrected chi connectivity index (χ2v) is 7.85. The first-order valence-corrected chi connectivity index (χ1v) is 8.60. The van der Waals surface area contributed by atoms with Gasteiger partial charge in [0.2, 0.25) is 11.8 Å². The minimum Gasteiger partial charge on any atom is -0.477 e. The Labute approximate surface area is 139 Å². The second-order valence-electron chi connectivity index (χ2n) is 6.51. The van der Waals surface area contributed by atoms with E-state index in [-0.39, 0.29) is 40.8 Å². The minimum atomic E-state index is -1.04. The largest absolute Gasteiger partial charge is 0.477 e. The molecule has 0 saturated carbocycles. The van der Waals surface area contributed by atoms with Gasteiger partial charge in [-0.15, -0.1) is 11.8 Å². The van der Waals surface area contributed by atoms with Crippen LogP contribution in [0, 0.1) is 5.92 Å². The highest BCUT2D eigenvalue weighted by atomic mass is 32.2. The smallest absolute Gasteiger partial charge is 0.353 e. The lowest BCUT2D eigenvalue weighted by atomic mass is 9.94. The van der Waals surface area contributed by atoms with Crippen LogP contribution in [0.4, 0.5) is 0 Å². The maximum absolute atomic E-state index is 12.0. The normalized spacial score (nSPS) is 32.8. The Morgan fingerprint density at radius 2 is 2.09 bits per heavy atom. The van der Waals surface area contributed by atoms with Crippen LogP contribution in [0.1, 0.15) is 19.8 Å². The molecule has 3 aliphatic heterocycles. The maximum Gasteiger partial charge on any atom is 0.353 e. The molecule has 0 aromatic carbocycles. The molecule has 3 heterocycles. The summed E-state index contributed by atoms with van der Waals surface area (Å²) in [5.74, 6) is -1.06. The van der Waals surface area contributed by atoms with Crippen molar-refractivity contribution in [2.45, 2.75) is 37.1 Å². The molecule has 3 rings (SSSR count). The fraction of sp³-hybridized carbons (Fsp3) is 0.667. The molecule has 0 bridgehead atoms. The summed E-state index contributed by atoms with van der Waals surface area (Å²) < 4.78 is 0. The lowest BCUT2D eigenvalue weighted by Crippen LogP contribution is -2.51. The molecule has 4 atom stereocenters. The summed E-state index contributed by atoms with van der Waals surface area (Å²) in [6, 6.07) is -0.226. The topological polar surface area (TPSA) is 89.9 Å². The van der Waals surface area contributed by atoms with E-state index in [9.17, 15) is 19.5 Å². The van der Waals surface area contributed by atoms with Gasteiger partial charge in [-0.3, -0.25) is 9.59 Å². The molecule has 126 valence electrons. The number of β-lactam (4-membered cyclic amide) rings is 1. The monoisotopic (exact) mass is 339 g/mol. The zero-order chi connectivity index (χ0) is 16.9. The molecule has 2 saturated heterocycles. The van der Waals surface area contributed by atoms with E-state index in [1.807, 2.05) is 6.92 Å². The van der Waals surface area contributed by atoms with Crippen LogP contribution in [0.5, 0.6) is 0 Å². The zero-order valence-corrected chi connectivity index (χ0v) is 14.2. The number of carbonyl (C=O) groups excluding carboxylic acids is 2. The van der Waals surface area contributed by atoms with Crippen LogP contribution in [0.2, 0.25) is 0 Å². The summed E-state index contributed by atoms with van der Waals surface area (Å²) in [5, 5.41) is 12.8. The van der Waals surface area contributed by atoms with Crippen molar-refractivity contribution in [2.24, 2.45) is 5.92 Å².